The van der Waals surface area contributed by atoms with E-state index in [1.165, 1.54) is 49.7 Å². The summed E-state index contributed by atoms with van der Waals surface area (Å²) in [6, 6.07) is 4.63. The van der Waals surface area contributed by atoms with Crippen molar-refractivity contribution >= 4 is 15.9 Å². The highest BCUT2D eigenvalue weighted by molar-refractivity contribution is 9.08. The molecule has 4 saturated carbocycles. The van der Waals surface area contributed by atoms with Gasteiger partial charge in [-0.25, -0.2) is 0 Å². The number of phenols is 1. The Morgan fingerprint density at radius 2 is 1.52 bits per heavy atom. The Balaban J connectivity index is 1.93. The number of rotatable bonds is 4. The van der Waals surface area contributed by atoms with Crippen molar-refractivity contribution in [2.45, 2.75) is 103 Å². The number of aromatic hydroxyl groups is 1. The molecule has 0 heterocycles. The van der Waals surface area contributed by atoms with E-state index in [-0.39, 0.29) is 10.8 Å². The van der Waals surface area contributed by atoms with Gasteiger partial charge < -0.3 is 5.11 Å². The van der Waals surface area contributed by atoms with Crippen molar-refractivity contribution in [3.63, 3.8) is 0 Å². The first kappa shape index (κ1) is 21.7. The monoisotopic (exact) mass is 460 g/mol. The average Bonchev–Trinajstić information content (AvgIpc) is 2.59. The summed E-state index contributed by atoms with van der Waals surface area (Å²) in [6.07, 6.45) is 8.03. The maximum Gasteiger partial charge on any atom is 0.123 e. The molecule has 0 saturated heterocycles. The number of hydrogen-bond acceptors (Lipinski definition) is 1. The molecule has 2 atom stereocenters. The van der Waals surface area contributed by atoms with E-state index >= 15 is 0 Å². The summed E-state index contributed by atoms with van der Waals surface area (Å²) < 4.78 is 0. The number of alkyl halides is 1. The molecule has 5 rings (SSSR count). The molecule has 1 N–H and O–H groups in total. The van der Waals surface area contributed by atoms with Gasteiger partial charge in [0, 0.05) is 21.9 Å². The number of phenolic OH excluding ortho intramolecular Hbond substituents is 1. The van der Waals surface area contributed by atoms with Gasteiger partial charge in [0.25, 0.3) is 0 Å². The van der Waals surface area contributed by atoms with E-state index in [0.29, 0.717) is 28.4 Å². The zero-order valence-corrected chi connectivity index (χ0v) is 21.2. The van der Waals surface area contributed by atoms with Gasteiger partial charge >= 0.3 is 0 Å². The predicted octanol–water partition coefficient (Wildman–Crippen LogP) is 8.10. The molecule has 162 valence electrons. The van der Waals surface area contributed by atoms with E-state index in [1.807, 2.05) is 0 Å². The molecule has 4 bridgehead atoms. The third-order valence-electron chi connectivity index (χ3n) is 9.37. The van der Waals surface area contributed by atoms with E-state index < -0.39 is 0 Å². The molecule has 0 spiro atoms. The minimum absolute atomic E-state index is 0.0904. The molecule has 2 heteroatoms. The summed E-state index contributed by atoms with van der Waals surface area (Å²) in [5.41, 5.74) is 4.85. The molecule has 1 nitrogen and oxygen atoms in total. The lowest BCUT2D eigenvalue weighted by Gasteiger charge is -2.69. The standard InChI is InChI=1S/C27H41BrO/c1-17(2)25-10-19-11-26(14-25,18(3)4)16-27(12-19,15-25)22-9-21(24(5,6)7)8-20(13-28)23(22)29/h8-9,17-19,29H,10-16H2,1-7H3. The van der Waals surface area contributed by atoms with Crippen LogP contribution in [0.4, 0.5) is 0 Å². The van der Waals surface area contributed by atoms with Gasteiger partial charge in [0.05, 0.1) is 0 Å². The van der Waals surface area contributed by atoms with Crippen LogP contribution < -0.4 is 0 Å². The second-order valence-corrected chi connectivity index (χ2v) is 13.3. The fourth-order valence-corrected chi connectivity index (χ4v) is 8.24. The second-order valence-electron chi connectivity index (χ2n) is 12.7. The van der Waals surface area contributed by atoms with Gasteiger partial charge in [-0.2, -0.15) is 0 Å². The SMILES string of the molecule is CC(C)C12CC3CC(c4cc(C(C)(C)C)cc(CBr)c4O)(C1)CC(C(C)C)(C3)C2. The summed E-state index contributed by atoms with van der Waals surface area (Å²) in [5.74, 6) is 2.83. The van der Waals surface area contributed by atoms with Crippen LogP contribution in [0, 0.1) is 28.6 Å². The zero-order valence-electron chi connectivity index (χ0n) is 19.7. The quantitative estimate of drug-likeness (QED) is 0.449. The molecule has 1 aromatic rings. The van der Waals surface area contributed by atoms with Gasteiger partial charge in [0.1, 0.15) is 5.75 Å². The highest BCUT2D eigenvalue weighted by Gasteiger charge is 2.65. The smallest absolute Gasteiger partial charge is 0.123 e. The maximum atomic E-state index is 11.5. The molecule has 4 aliphatic carbocycles. The fourth-order valence-electron chi connectivity index (χ4n) is 7.81. The van der Waals surface area contributed by atoms with Crippen LogP contribution in [0.15, 0.2) is 12.1 Å². The zero-order chi connectivity index (χ0) is 21.4. The van der Waals surface area contributed by atoms with Crippen LogP contribution in [0.1, 0.15) is 104 Å². The normalized spacial score (nSPS) is 36.4. The van der Waals surface area contributed by atoms with E-state index in [4.69, 9.17) is 0 Å². The van der Waals surface area contributed by atoms with Crippen molar-refractivity contribution in [3.05, 3.63) is 28.8 Å². The third-order valence-corrected chi connectivity index (χ3v) is 9.98. The van der Waals surface area contributed by atoms with Gasteiger partial charge in [-0.15, -0.1) is 0 Å². The third kappa shape index (κ3) is 3.22. The number of halogens is 1. The minimum Gasteiger partial charge on any atom is -0.507 e. The van der Waals surface area contributed by atoms with Crippen molar-refractivity contribution in [3.8, 4) is 5.75 Å². The Labute approximate surface area is 187 Å². The van der Waals surface area contributed by atoms with Gasteiger partial charge in [0.15, 0.2) is 0 Å². The van der Waals surface area contributed by atoms with Gasteiger partial charge in [-0.3, -0.25) is 0 Å². The van der Waals surface area contributed by atoms with Crippen molar-refractivity contribution in [1.29, 1.82) is 0 Å². The fraction of sp³-hybridized carbons (Fsp3) is 0.778. The van der Waals surface area contributed by atoms with Crippen LogP contribution in [0.25, 0.3) is 0 Å². The number of benzene rings is 1. The summed E-state index contributed by atoms with van der Waals surface area (Å²) in [5, 5.41) is 12.2. The first-order valence-corrected chi connectivity index (χ1v) is 12.9. The van der Waals surface area contributed by atoms with Crippen molar-refractivity contribution < 1.29 is 5.11 Å². The molecule has 0 aromatic heterocycles. The van der Waals surface area contributed by atoms with Crippen molar-refractivity contribution in [2.75, 3.05) is 0 Å². The van der Waals surface area contributed by atoms with Crippen LogP contribution in [-0.2, 0) is 16.2 Å². The molecular formula is C27H41BrO. The first-order chi connectivity index (χ1) is 13.4. The Kier molecular flexibility index (Phi) is 5.05. The topological polar surface area (TPSA) is 20.2 Å². The maximum absolute atomic E-state index is 11.5. The largest absolute Gasteiger partial charge is 0.507 e. The Morgan fingerprint density at radius 3 is 1.97 bits per heavy atom. The van der Waals surface area contributed by atoms with Crippen molar-refractivity contribution in [1.82, 2.24) is 0 Å². The van der Waals surface area contributed by atoms with E-state index in [2.05, 4.69) is 76.5 Å². The summed E-state index contributed by atoms with van der Waals surface area (Å²) in [4.78, 5) is 0. The van der Waals surface area contributed by atoms with Crippen LogP contribution in [0.5, 0.6) is 5.75 Å². The van der Waals surface area contributed by atoms with Crippen LogP contribution >= 0.6 is 15.9 Å². The van der Waals surface area contributed by atoms with Crippen LogP contribution in [0.2, 0.25) is 0 Å². The van der Waals surface area contributed by atoms with E-state index in [1.54, 1.807) is 0 Å². The molecule has 0 amide bonds. The molecular weight excluding hydrogens is 420 g/mol. The van der Waals surface area contributed by atoms with Gasteiger partial charge in [-0.05, 0) is 78.1 Å². The first-order valence-electron chi connectivity index (χ1n) is 11.8. The highest BCUT2D eigenvalue weighted by Crippen LogP contribution is 2.74. The lowest BCUT2D eigenvalue weighted by atomic mass is 9.35. The Morgan fingerprint density at radius 1 is 0.966 bits per heavy atom. The summed E-state index contributed by atoms with van der Waals surface area (Å²) in [6.45, 7) is 16.7. The van der Waals surface area contributed by atoms with Gasteiger partial charge in [-0.1, -0.05) is 76.5 Å². The van der Waals surface area contributed by atoms with Crippen molar-refractivity contribution in [2.24, 2.45) is 28.6 Å². The number of hydrogen-bond donors (Lipinski definition) is 1. The van der Waals surface area contributed by atoms with Crippen LogP contribution in [0.3, 0.4) is 0 Å². The molecule has 0 aliphatic heterocycles. The highest BCUT2D eigenvalue weighted by atomic mass is 79.9. The molecule has 2 unspecified atom stereocenters. The predicted molar refractivity (Wildman–Crippen MR) is 127 cm³/mol. The average molecular weight is 462 g/mol. The van der Waals surface area contributed by atoms with E-state index in [0.717, 1.165) is 16.8 Å². The van der Waals surface area contributed by atoms with E-state index in [9.17, 15) is 5.11 Å². The Bertz CT molecular complexity index is 775. The Hall–Kier alpha value is -0.500. The molecule has 4 fully saturated rings. The lowest BCUT2D eigenvalue weighted by molar-refractivity contribution is -0.163. The van der Waals surface area contributed by atoms with Gasteiger partial charge in [0.2, 0.25) is 0 Å². The minimum atomic E-state index is 0.0904. The molecule has 4 aliphatic rings. The molecule has 1 aromatic carbocycles. The van der Waals surface area contributed by atoms with Crippen LogP contribution in [-0.4, -0.2) is 5.11 Å². The second kappa shape index (κ2) is 6.75. The summed E-state index contributed by atoms with van der Waals surface area (Å²) in [7, 11) is 0. The molecule has 29 heavy (non-hydrogen) atoms. The summed E-state index contributed by atoms with van der Waals surface area (Å²) >= 11 is 3.66. The lowest BCUT2D eigenvalue weighted by Crippen LogP contribution is -2.61. The molecule has 0 radical (unpaired) electrons.